The highest BCUT2D eigenvalue weighted by Crippen LogP contribution is 2.25. The number of rotatable bonds is 3. The van der Waals surface area contributed by atoms with Crippen molar-refractivity contribution in [2.75, 3.05) is 13.1 Å². The van der Waals surface area contributed by atoms with E-state index in [4.69, 9.17) is 22.3 Å². The lowest BCUT2D eigenvalue weighted by Crippen LogP contribution is -2.29. The second kappa shape index (κ2) is 5.78. The second-order valence-electron chi connectivity index (χ2n) is 4.53. The summed E-state index contributed by atoms with van der Waals surface area (Å²) in [6.07, 6.45) is 3.56. The molecule has 1 aromatic rings. The molecule has 0 saturated carbocycles. The van der Waals surface area contributed by atoms with Gasteiger partial charge < -0.3 is 0 Å². The summed E-state index contributed by atoms with van der Waals surface area (Å²) in [7, 11) is 1.73. The summed E-state index contributed by atoms with van der Waals surface area (Å²) in [6, 6.07) is 4.71. The topological polar surface area (TPSA) is 37.4 Å². The average Bonchev–Trinajstić information content (AvgIpc) is 2.28. The van der Waals surface area contributed by atoms with Crippen LogP contribution in [0.3, 0.4) is 0 Å². The van der Waals surface area contributed by atoms with Crippen molar-refractivity contribution in [3.8, 4) is 0 Å². The Morgan fingerprint density at radius 3 is 2.44 bits per heavy atom. The Balaban J connectivity index is 2.27. The van der Waals surface area contributed by atoms with Gasteiger partial charge in [0.15, 0.2) is 0 Å². The average molecular weight is 308 g/mol. The van der Waals surface area contributed by atoms with Crippen LogP contribution in [0.25, 0.3) is 0 Å². The first kappa shape index (κ1) is 14.1. The third-order valence-electron chi connectivity index (χ3n) is 3.13. The SMILES string of the molecule is O=S(=O)(Cl)c1ccc(Cl)cc1CN1CCCCC1. The number of nitrogens with zero attached hydrogens (tertiary/aromatic N) is 1. The zero-order chi connectivity index (χ0) is 13.2. The molecule has 0 unspecified atom stereocenters. The maximum atomic E-state index is 11.5. The van der Waals surface area contributed by atoms with E-state index in [0.717, 1.165) is 25.9 Å². The highest BCUT2D eigenvalue weighted by atomic mass is 35.7. The van der Waals surface area contributed by atoms with E-state index in [2.05, 4.69) is 4.90 Å². The minimum absolute atomic E-state index is 0.166. The molecule has 0 aromatic heterocycles. The second-order valence-corrected chi connectivity index (χ2v) is 7.50. The van der Waals surface area contributed by atoms with E-state index < -0.39 is 9.05 Å². The fourth-order valence-electron chi connectivity index (χ4n) is 2.27. The number of hydrogen-bond donors (Lipinski definition) is 0. The van der Waals surface area contributed by atoms with E-state index in [1.165, 1.54) is 12.5 Å². The minimum Gasteiger partial charge on any atom is -0.299 e. The van der Waals surface area contributed by atoms with Crippen LogP contribution in [-0.2, 0) is 15.6 Å². The largest absolute Gasteiger partial charge is 0.299 e. The molecule has 18 heavy (non-hydrogen) atoms. The van der Waals surface area contributed by atoms with Crippen molar-refractivity contribution in [3.63, 3.8) is 0 Å². The van der Waals surface area contributed by atoms with E-state index >= 15 is 0 Å². The number of piperidine rings is 1. The molecule has 1 fully saturated rings. The Bertz CT molecular complexity index is 525. The molecule has 0 bridgehead atoms. The molecule has 1 heterocycles. The van der Waals surface area contributed by atoms with Crippen molar-refractivity contribution in [3.05, 3.63) is 28.8 Å². The summed E-state index contributed by atoms with van der Waals surface area (Å²) in [5.41, 5.74) is 0.680. The first-order chi connectivity index (χ1) is 8.47. The molecule has 0 aliphatic carbocycles. The molecular weight excluding hydrogens is 293 g/mol. The molecule has 0 radical (unpaired) electrons. The van der Waals surface area contributed by atoms with Gasteiger partial charge in [0.2, 0.25) is 0 Å². The highest BCUT2D eigenvalue weighted by Gasteiger charge is 2.19. The van der Waals surface area contributed by atoms with Crippen LogP contribution >= 0.6 is 22.3 Å². The summed E-state index contributed by atoms with van der Waals surface area (Å²) in [5.74, 6) is 0. The number of likely N-dealkylation sites (tertiary alicyclic amines) is 1. The van der Waals surface area contributed by atoms with Crippen molar-refractivity contribution < 1.29 is 8.42 Å². The summed E-state index contributed by atoms with van der Waals surface area (Å²) in [4.78, 5) is 2.40. The number of halogens is 2. The lowest BCUT2D eigenvalue weighted by Gasteiger charge is -2.27. The van der Waals surface area contributed by atoms with Crippen molar-refractivity contribution in [2.45, 2.75) is 30.7 Å². The molecule has 1 aliphatic heterocycles. The third kappa shape index (κ3) is 3.60. The molecule has 1 aromatic carbocycles. The molecule has 2 rings (SSSR count). The van der Waals surface area contributed by atoms with Gasteiger partial charge in [-0.2, -0.15) is 0 Å². The van der Waals surface area contributed by atoms with Crippen LogP contribution in [0.1, 0.15) is 24.8 Å². The van der Waals surface area contributed by atoms with Gasteiger partial charge in [-0.1, -0.05) is 18.0 Å². The molecule has 100 valence electrons. The Morgan fingerprint density at radius 1 is 1.17 bits per heavy atom. The van der Waals surface area contributed by atoms with Crippen LogP contribution in [0.15, 0.2) is 23.1 Å². The summed E-state index contributed by atoms with van der Waals surface area (Å²) in [5, 5.41) is 0.533. The van der Waals surface area contributed by atoms with Gasteiger partial charge in [0.05, 0.1) is 4.90 Å². The molecule has 6 heteroatoms. The molecule has 1 aliphatic rings. The quantitative estimate of drug-likeness (QED) is 0.804. The monoisotopic (exact) mass is 307 g/mol. The van der Waals surface area contributed by atoms with Gasteiger partial charge in [0.25, 0.3) is 9.05 Å². The molecule has 0 spiro atoms. The van der Waals surface area contributed by atoms with Crippen LogP contribution in [0.2, 0.25) is 5.02 Å². The van der Waals surface area contributed by atoms with Crippen LogP contribution < -0.4 is 0 Å². The van der Waals surface area contributed by atoms with Crippen molar-refractivity contribution >= 4 is 31.3 Å². The van der Waals surface area contributed by atoms with Gasteiger partial charge in [0, 0.05) is 22.2 Å². The maximum absolute atomic E-state index is 11.5. The lowest BCUT2D eigenvalue weighted by molar-refractivity contribution is 0.219. The summed E-state index contributed by atoms with van der Waals surface area (Å²) < 4.78 is 23.0. The van der Waals surface area contributed by atoms with Gasteiger partial charge >= 0.3 is 0 Å². The normalized spacial score (nSPS) is 17.9. The molecular formula is C12H15Cl2NO2S. The molecule has 1 saturated heterocycles. The van der Waals surface area contributed by atoms with E-state index in [1.54, 1.807) is 12.1 Å². The van der Waals surface area contributed by atoms with Gasteiger partial charge in [-0.15, -0.1) is 0 Å². The van der Waals surface area contributed by atoms with Gasteiger partial charge in [-0.05, 0) is 49.7 Å². The predicted octanol–water partition coefficient (Wildman–Crippen LogP) is 3.25. The summed E-state index contributed by atoms with van der Waals surface area (Å²) >= 11 is 5.93. The fourth-order valence-corrected chi connectivity index (χ4v) is 3.58. The predicted molar refractivity (Wildman–Crippen MR) is 73.6 cm³/mol. The molecule has 0 amide bonds. The fraction of sp³-hybridized carbons (Fsp3) is 0.500. The van der Waals surface area contributed by atoms with Crippen molar-refractivity contribution in [1.29, 1.82) is 0 Å². The van der Waals surface area contributed by atoms with Crippen LogP contribution in [-0.4, -0.2) is 26.4 Å². The van der Waals surface area contributed by atoms with Gasteiger partial charge in [-0.25, -0.2) is 8.42 Å². The molecule has 3 nitrogen and oxygen atoms in total. The van der Waals surface area contributed by atoms with Crippen LogP contribution in [0.5, 0.6) is 0 Å². The smallest absolute Gasteiger partial charge is 0.261 e. The standard InChI is InChI=1S/C12H15Cl2NO2S/c13-11-4-5-12(18(14,16)17)10(8-11)9-15-6-2-1-3-7-15/h4-5,8H,1-3,6-7,9H2. The summed E-state index contributed by atoms with van der Waals surface area (Å²) in [6.45, 7) is 2.57. The van der Waals surface area contributed by atoms with Gasteiger partial charge in [-0.3, -0.25) is 4.90 Å². The maximum Gasteiger partial charge on any atom is 0.261 e. The van der Waals surface area contributed by atoms with Gasteiger partial charge in [0.1, 0.15) is 0 Å². The van der Waals surface area contributed by atoms with Crippen molar-refractivity contribution in [2.24, 2.45) is 0 Å². The van der Waals surface area contributed by atoms with E-state index in [-0.39, 0.29) is 4.90 Å². The number of benzene rings is 1. The highest BCUT2D eigenvalue weighted by molar-refractivity contribution is 8.13. The lowest BCUT2D eigenvalue weighted by atomic mass is 10.1. The Kier molecular flexibility index (Phi) is 4.54. The first-order valence-electron chi connectivity index (χ1n) is 5.92. The zero-order valence-electron chi connectivity index (χ0n) is 9.90. The van der Waals surface area contributed by atoms with Crippen LogP contribution in [0, 0.1) is 0 Å². The number of hydrogen-bond acceptors (Lipinski definition) is 3. The Morgan fingerprint density at radius 2 is 1.83 bits per heavy atom. The van der Waals surface area contributed by atoms with Crippen LogP contribution in [0.4, 0.5) is 0 Å². The van der Waals surface area contributed by atoms with E-state index in [0.29, 0.717) is 17.1 Å². The molecule has 0 atom stereocenters. The Hall–Kier alpha value is -0.290. The third-order valence-corrected chi connectivity index (χ3v) is 4.79. The first-order valence-corrected chi connectivity index (χ1v) is 8.61. The molecule has 0 N–H and O–H groups in total. The zero-order valence-corrected chi connectivity index (χ0v) is 12.2. The van der Waals surface area contributed by atoms with E-state index in [9.17, 15) is 8.42 Å². The minimum atomic E-state index is -3.71. The Labute approximate surface area is 117 Å². The van der Waals surface area contributed by atoms with Crippen molar-refractivity contribution in [1.82, 2.24) is 4.90 Å². The van der Waals surface area contributed by atoms with E-state index in [1.807, 2.05) is 0 Å².